The van der Waals surface area contributed by atoms with Crippen LogP contribution >= 0.6 is 23.4 Å². The first-order valence-corrected chi connectivity index (χ1v) is 9.39. The molecule has 0 bridgehead atoms. The lowest BCUT2D eigenvalue weighted by molar-refractivity contribution is -0.119. The van der Waals surface area contributed by atoms with E-state index in [1.54, 1.807) is 11.8 Å². The topological polar surface area (TPSA) is 29.1 Å². The average molecular weight is 326 g/mol. The van der Waals surface area contributed by atoms with Gasteiger partial charge in [0.15, 0.2) is 0 Å². The van der Waals surface area contributed by atoms with Gasteiger partial charge in [-0.25, -0.2) is 0 Å². The van der Waals surface area contributed by atoms with Crippen molar-refractivity contribution in [1.82, 2.24) is 5.32 Å². The summed E-state index contributed by atoms with van der Waals surface area (Å²) in [5, 5.41) is 3.96. The summed E-state index contributed by atoms with van der Waals surface area (Å²) < 4.78 is 0. The standard InChI is InChI=1S/C17H24ClNOS/c18-15-10-8-14(9-11-15)12-21-13-17(20)19-16-6-4-2-1-3-5-7-16/h8-11,16H,1-7,12-13H2,(H,19,20). The number of hydrogen-bond acceptors (Lipinski definition) is 2. The lowest BCUT2D eigenvalue weighted by Crippen LogP contribution is -2.36. The highest BCUT2D eigenvalue weighted by molar-refractivity contribution is 7.99. The number of carbonyl (C=O) groups excluding carboxylic acids is 1. The third-order valence-electron chi connectivity index (χ3n) is 3.89. The molecular weight excluding hydrogens is 302 g/mol. The van der Waals surface area contributed by atoms with E-state index in [1.165, 1.54) is 37.7 Å². The van der Waals surface area contributed by atoms with Gasteiger partial charge in [-0.3, -0.25) is 4.79 Å². The summed E-state index contributed by atoms with van der Waals surface area (Å²) in [6, 6.07) is 8.22. The van der Waals surface area contributed by atoms with E-state index in [4.69, 9.17) is 11.6 Å². The van der Waals surface area contributed by atoms with Gasteiger partial charge in [0.1, 0.15) is 0 Å². The van der Waals surface area contributed by atoms with E-state index in [0.29, 0.717) is 11.8 Å². The van der Waals surface area contributed by atoms with Crippen LogP contribution in [0.15, 0.2) is 24.3 Å². The number of thioether (sulfide) groups is 1. The van der Waals surface area contributed by atoms with Crippen LogP contribution in [0.5, 0.6) is 0 Å². The summed E-state index contributed by atoms with van der Waals surface area (Å²) >= 11 is 7.52. The maximum Gasteiger partial charge on any atom is 0.230 e. The van der Waals surface area contributed by atoms with Gasteiger partial charge in [0.05, 0.1) is 5.75 Å². The van der Waals surface area contributed by atoms with Crippen LogP contribution in [0.4, 0.5) is 0 Å². The van der Waals surface area contributed by atoms with Crippen LogP contribution in [0, 0.1) is 0 Å². The second kappa shape index (κ2) is 9.37. The number of rotatable bonds is 5. The lowest BCUT2D eigenvalue weighted by Gasteiger charge is -2.20. The summed E-state index contributed by atoms with van der Waals surface area (Å²) in [6.45, 7) is 0. The molecule has 0 spiro atoms. The van der Waals surface area contributed by atoms with Crippen LogP contribution < -0.4 is 5.32 Å². The largest absolute Gasteiger partial charge is 0.353 e. The molecule has 1 aromatic carbocycles. The van der Waals surface area contributed by atoms with Crippen LogP contribution in [0.25, 0.3) is 0 Å². The molecule has 1 fully saturated rings. The summed E-state index contributed by atoms with van der Waals surface area (Å²) in [4.78, 5) is 12.0. The molecule has 4 heteroatoms. The van der Waals surface area contributed by atoms with Gasteiger partial charge in [-0.05, 0) is 30.5 Å². The lowest BCUT2D eigenvalue weighted by atomic mass is 9.97. The molecule has 1 amide bonds. The van der Waals surface area contributed by atoms with Gasteiger partial charge in [-0.15, -0.1) is 11.8 Å². The zero-order valence-corrected chi connectivity index (χ0v) is 14.0. The van der Waals surface area contributed by atoms with Gasteiger partial charge in [0, 0.05) is 16.8 Å². The number of nitrogens with one attached hydrogen (secondary N) is 1. The van der Waals surface area contributed by atoms with E-state index in [9.17, 15) is 4.79 Å². The highest BCUT2D eigenvalue weighted by atomic mass is 35.5. The zero-order valence-electron chi connectivity index (χ0n) is 12.4. The molecule has 0 radical (unpaired) electrons. The molecule has 0 aromatic heterocycles. The molecule has 1 aliphatic rings. The maximum absolute atomic E-state index is 12.0. The molecule has 1 N–H and O–H groups in total. The summed E-state index contributed by atoms with van der Waals surface area (Å²) in [5.41, 5.74) is 1.21. The Balaban J connectivity index is 1.65. The van der Waals surface area contributed by atoms with E-state index in [1.807, 2.05) is 24.3 Å². The molecule has 2 rings (SSSR count). The third kappa shape index (κ3) is 6.75. The molecule has 1 aliphatic carbocycles. The van der Waals surface area contributed by atoms with Crippen molar-refractivity contribution in [2.45, 2.75) is 56.7 Å². The quantitative estimate of drug-likeness (QED) is 0.842. The Kier molecular flexibility index (Phi) is 7.45. The minimum Gasteiger partial charge on any atom is -0.353 e. The predicted octanol–water partition coefficient (Wildman–Crippen LogP) is 4.80. The van der Waals surface area contributed by atoms with Crippen molar-refractivity contribution in [2.75, 3.05) is 5.75 Å². The van der Waals surface area contributed by atoms with Gasteiger partial charge < -0.3 is 5.32 Å². The molecule has 2 nitrogen and oxygen atoms in total. The molecule has 0 atom stereocenters. The number of hydrogen-bond donors (Lipinski definition) is 1. The Bertz CT molecular complexity index is 427. The van der Waals surface area contributed by atoms with Crippen LogP contribution in [-0.4, -0.2) is 17.7 Å². The first-order chi connectivity index (χ1) is 10.2. The summed E-state index contributed by atoms with van der Waals surface area (Å²) in [6.07, 6.45) is 8.79. The first-order valence-electron chi connectivity index (χ1n) is 7.85. The Morgan fingerprint density at radius 1 is 1.10 bits per heavy atom. The Morgan fingerprint density at radius 3 is 2.38 bits per heavy atom. The first kappa shape index (κ1) is 16.7. The normalized spacial score (nSPS) is 17.0. The van der Waals surface area contributed by atoms with Gasteiger partial charge >= 0.3 is 0 Å². The van der Waals surface area contributed by atoms with E-state index in [-0.39, 0.29) is 5.91 Å². The molecule has 0 heterocycles. The monoisotopic (exact) mass is 325 g/mol. The van der Waals surface area contributed by atoms with E-state index in [2.05, 4.69) is 5.32 Å². The van der Waals surface area contributed by atoms with Crippen molar-refractivity contribution in [2.24, 2.45) is 0 Å². The van der Waals surface area contributed by atoms with Crippen molar-refractivity contribution in [3.05, 3.63) is 34.9 Å². The van der Waals surface area contributed by atoms with Crippen LogP contribution in [0.3, 0.4) is 0 Å². The van der Waals surface area contributed by atoms with Crippen molar-refractivity contribution in [3.8, 4) is 0 Å². The number of halogens is 1. The van der Waals surface area contributed by atoms with Gasteiger partial charge in [-0.1, -0.05) is 55.8 Å². The van der Waals surface area contributed by atoms with Gasteiger partial charge in [0.2, 0.25) is 5.91 Å². The average Bonchev–Trinajstić information content (AvgIpc) is 2.44. The van der Waals surface area contributed by atoms with E-state index >= 15 is 0 Å². The molecule has 1 aromatic rings. The Labute approximate surface area is 137 Å². The molecule has 0 aliphatic heterocycles. The second-order valence-electron chi connectivity index (χ2n) is 5.73. The van der Waals surface area contributed by atoms with Crippen molar-refractivity contribution in [1.29, 1.82) is 0 Å². The van der Waals surface area contributed by atoms with Gasteiger partial charge in [0.25, 0.3) is 0 Å². The predicted molar refractivity (Wildman–Crippen MR) is 91.9 cm³/mol. The smallest absolute Gasteiger partial charge is 0.230 e. The molecule has 0 saturated heterocycles. The minimum absolute atomic E-state index is 0.180. The number of benzene rings is 1. The summed E-state index contributed by atoms with van der Waals surface area (Å²) in [7, 11) is 0. The highest BCUT2D eigenvalue weighted by Gasteiger charge is 2.13. The summed E-state index contributed by atoms with van der Waals surface area (Å²) in [5.74, 6) is 1.58. The third-order valence-corrected chi connectivity index (χ3v) is 5.14. The molecule has 116 valence electrons. The fourth-order valence-electron chi connectivity index (χ4n) is 2.71. The maximum atomic E-state index is 12.0. The number of carbonyl (C=O) groups is 1. The molecular formula is C17H24ClNOS. The fourth-order valence-corrected chi connectivity index (χ4v) is 3.64. The Hall–Kier alpha value is -0.670. The van der Waals surface area contributed by atoms with Crippen LogP contribution in [0.2, 0.25) is 5.02 Å². The molecule has 0 unspecified atom stereocenters. The Morgan fingerprint density at radius 2 is 1.71 bits per heavy atom. The highest BCUT2D eigenvalue weighted by Crippen LogP contribution is 2.18. The van der Waals surface area contributed by atoms with E-state index in [0.717, 1.165) is 23.6 Å². The van der Waals surface area contributed by atoms with E-state index < -0.39 is 0 Å². The van der Waals surface area contributed by atoms with Crippen molar-refractivity contribution in [3.63, 3.8) is 0 Å². The van der Waals surface area contributed by atoms with Crippen molar-refractivity contribution >= 4 is 29.3 Å². The fraction of sp³-hybridized carbons (Fsp3) is 0.588. The van der Waals surface area contributed by atoms with Crippen molar-refractivity contribution < 1.29 is 4.79 Å². The molecule has 1 saturated carbocycles. The number of amides is 1. The zero-order chi connectivity index (χ0) is 14.9. The minimum atomic E-state index is 0.180. The van der Waals surface area contributed by atoms with Crippen LogP contribution in [0.1, 0.15) is 50.5 Å². The van der Waals surface area contributed by atoms with Gasteiger partial charge in [-0.2, -0.15) is 0 Å². The SMILES string of the molecule is O=C(CSCc1ccc(Cl)cc1)NC1CCCCCCC1. The molecule has 21 heavy (non-hydrogen) atoms. The second-order valence-corrected chi connectivity index (χ2v) is 7.15. The van der Waals surface area contributed by atoms with Crippen LogP contribution in [-0.2, 0) is 10.5 Å².